The summed E-state index contributed by atoms with van der Waals surface area (Å²) in [6, 6.07) is 7.03. The lowest BCUT2D eigenvalue weighted by Gasteiger charge is -2.06. The Morgan fingerprint density at radius 1 is 1.45 bits per heavy atom. The van der Waals surface area contributed by atoms with E-state index in [0.29, 0.717) is 6.54 Å². The summed E-state index contributed by atoms with van der Waals surface area (Å²) in [5.74, 6) is -0.0440. The van der Waals surface area contributed by atoms with Gasteiger partial charge in [0.25, 0.3) is 0 Å². The minimum atomic E-state index is -0.922. The second-order valence-corrected chi connectivity index (χ2v) is 6.30. The number of halogens is 1. The molecule has 3 rings (SSSR count). The van der Waals surface area contributed by atoms with Crippen LogP contribution in [0.15, 0.2) is 34.1 Å². The molecule has 20 heavy (non-hydrogen) atoms. The van der Waals surface area contributed by atoms with Crippen LogP contribution in [0.5, 0.6) is 0 Å². The molecule has 2 heterocycles. The molecule has 4 nitrogen and oxygen atoms in total. The summed E-state index contributed by atoms with van der Waals surface area (Å²) in [6.07, 6.45) is 0. The average Bonchev–Trinajstić information content (AvgIpc) is 2.94. The van der Waals surface area contributed by atoms with Crippen LogP contribution in [0.25, 0.3) is 11.0 Å². The topological polar surface area (TPSA) is 55.1 Å². The molecule has 0 saturated heterocycles. The molecule has 0 radical (unpaired) electrons. The van der Waals surface area contributed by atoms with Gasteiger partial charge in [0.2, 0.25) is 0 Å². The number of imidazole rings is 1. The van der Waals surface area contributed by atoms with E-state index >= 15 is 0 Å². The molecule has 0 atom stereocenters. The highest BCUT2D eigenvalue weighted by Crippen LogP contribution is 2.26. The molecule has 0 aliphatic rings. The predicted molar refractivity (Wildman–Crippen MR) is 82.6 cm³/mol. The van der Waals surface area contributed by atoms with Gasteiger partial charge < -0.3 is 9.67 Å². The molecule has 2 aromatic heterocycles. The van der Waals surface area contributed by atoms with Crippen molar-refractivity contribution in [2.75, 3.05) is 0 Å². The van der Waals surface area contributed by atoms with Gasteiger partial charge in [-0.1, -0.05) is 0 Å². The van der Waals surface area contributed by atoms with Gasteiger partial charge in [0.05, 0.1) is 23.1 Å². The van der Waals surface area contributed by atoms with Crippen molar-refractivity contribution in [3.05, 3.63) is 50.4 Å². The Morgan fingerprint density at radius 2 is 2.25 bits per heavy atom. The number of fused-ring (bicyclic) bond motifs is 1. The van der Waals surface area contributed by atoms with Crippen LogP contribution in [0.3, 0.4) is 0 Å². The molecule has 0 aliphatic heterocycles. The summed E-state index contributed by atoms with van der Waals surface area (Å²) >= 11 is 5.18. The van der Waals surface area contributed by atoms with Crippen molar-refractivity contribution in [2.24, 2.45) is 0 Å². The van der Waals surface area contributed by atoms with Crippen molar-refractivity contribution in [3.8, 4) is 0 Å². The lowest BCUT2D eigenvalue weighted by molar-refractivity contribution is 0.0697. The number of carboxylic acid groups (broad SMARTS) is 1. The molecule has 0 aliphatic carbocycles. The smallest absolute Gasteiger partial charge is 0.335 e. The molecule has 1 N–H and O–H groups in total. The number of rotatable bonds is 3. The van der Waals surface area contributed by atoms with Crippen molar-refractivity contribution < 1.29 is 9.90 Å². The third-order valence-corrected chi connectivity index (χ3v) is 5.09. The molecule has 102 valence electrons. The Kier molecular flexibility index (Phi) is 3.35. The van der Waals surface area contributed by atoms with Crippen LogP contribution < -0.4 is 0 Å². The zero-order valence-electron chi connectivity index (χ0n) is 10.6. The second kappa shape index (κ2) is 5.03. The molecule has 0 saturated carbocycles. The van der Waals surface area contributed by atoms with Crippen molar-refractivity contribution in [1.82, 2.24) is 9.55 Å². The first-order chi connectivity index (χ1) is 9.56. The van der Waals surface area contributed by atoms with Crippen LogP contribution in [0.1, 0.15) is 21.1 Å². The molecule has 1 aromatic carbocycles. The molecule has 3 aromatic rings. The fraction of sp³-hybridized carbons (Fsp3) is 0.143. The quantitative estimate of drug-likeness (QED) is 0.778. The molecule has 0 fully saturated rings. The third kappa shape index (κ3) is 2.25. The Labute approximate surface area is 127 Å². The van der Waals surface area contributed by atoms with Gasteiger partial charge in [-0.25, -0.2) is 9.78 Å². The molecule has 0 amide bonds. The van der Waals surface area contributed by atoms with Crippen molar-refractivity contribution in [1.29, 1.82) is 0 Å². The van der Waals surface area contributed by atoms with Crippen molar-refractivity contribution in [2.45, 2.75) is 13.5 Å². The summed E-state index contributed by atoms with van der Waals surface area (Å²) in [5, 5.41) is 11.1. The van der Waals surface area contributed by atoms with Crippen LogP contribution in [0.4, 0.5) is 0 Å². The standard InChI is InChI=1S/C14H11BrN2O2S/c1-8-16-11-3-2-9(14(18)19)6-12(11)17(8)7-13-10(15)4-5-20-13/h2-6H,7H2,1H3,(H,18,19). The highest BCUT2D eigenvalue weighted by molar-refractivity contribution is 9.10. The van der Waals surface area contributed by atoms with E-state index in [1.165, 1.54) is 4.88 Å². The number of thiophene rings is 1. The Balaban J connectivity index is 2.13. The number of nitrogens with zero attached hydrogens (tertiary/aromatic N) is 2. The average molecular weight is 351 g/mol. The summed E-state index contributed by atoms with van der Waals surface area (Å²) in [7, 11) is 0. The summed E-state index contributed by atoms with van der Waals surface area (Å²) in [4.78, 5) is 16.8. The van der Waals surface area contributed by atoms with Gasteiger partial charge in [0.1, 0.15) is 5.82 Å². The monoisotopic (exact) mass is 350 g/mol. The molecular formula is C14H11BrN2O2S. The van der Waals surface area contributed by atoms with E-state index in [0.717, 1.165) is 21.3 Å². The van der Waals surface area contributed by atoms with Gasteiger partial charge in [0.15, 0.2) is 0 Å². The maximum Gasteiger partial charge on any atom is 0.335 e. The Morgan fingerprint density at radius 3 is 2.90 bits per heavy atom. The lowest BCUT2D eigenvalue weighted by atomic mass is 10.2. The van der Waals surface area contributed by atoms with Crippen LogP contribution in [-0.2, 0) is 6.54 Å². The van der Waals surface area contributed by atoms with Crippen molar-refractivity contribution in [3.63, 3.8) is 0 Å². The number of hydrogen-bond donors (Lipinski definition) is 1. The zero-order valence-corrected chi connectivity index (χ0v) is 13.0. The van der Waals surface area contributed by atoms with E-state index in [9.17, 15) is 4.79 Å². The van der Waals surface area contributed by atoms with Crippen LogP contribution in [0.2, 0.25) is 0 Å². The Bertz CT molecular complexity index is 807. The predicted octanol–water partition coefficient (Wildman–Crippen LogP) is 3.92. The Hall–Kier alpha value is -1.66. The van der Waals surface area contributed by atoms with Gasteiger partial charge in [-0.15, -0.1) is 11.3 Å². The van der Waals surface area contributed by atoms with Gasteiger partial charge in [0, 0.05) is 9.35 Å². The van der Waals surface area contributed by atoms with Crippen LogP contribution >= 0.6 is 27.3 Å². The van der Waals surface area contributed by atoms with Gasteiger partial charge in [-0.3, -0.25) is 0 Å². The van der Waals surface area contributed by atoms with Gasteiger partial charge in [-0.2, -0.15) is 0 Å². The normalized spacial score (nSPS) is 11.1. The number of hydrogen-bond acceptors (Lipinski definition) is 3. The largest absolute Gasteiger partial charge is 0.478 e. The van der Waals surface area contributed by atoms with E-state index in [2.05, 4.69) is 20.9 Å². The molecular weight excluding hydrogens is 340 g/mol. The first-order valence-electron chi connectivity index (χ1n) is 5.98. The molecule has 0 bridgehead atoms. The van der Waals surface area contributed by atoms with Crippen LogP contribution in [-0.4, -0.2) is 20.6 Å². The first-order valence-corrected chi connectivity index (χ1v) is 7.65. The highest BCUT2D eigenvalue weighted by atomic mass is 79.9. The number of carboxylic acids is 1. The zero-order chi connectivity index (χ0) is 14.3. The van der Waals surface area contributed by atoms with E-state index in [-0.39, 0.29) is 5.56 Å². The fourth-order valence-corrected chi connectivity index (χ4v) is 3.62. The summed E-state index contributed by atoms with van der Waals surface area (Å²) in [6.45, 7) is 2.62. The van der Waals surface area contributed by atoms with E-state index in [1.807, 2.05) is 22.9 Å². The van der Waals surface area contributed by atoms with E-state index in [4.69, 9.17) is 5.11 Å². The SMILES string of the molecule is Cc1nc2ccc(C(=O)O)cc2n1Cc1sccc1Br. The minimum Gasteiger partial charge on any atom is -0.478 e. The van der Waals surface area contributed by atoms with Gasteiger partial charge >= 0.3 is 5.97 Å². The maximum absolute atomic E-state index is 11.1. The number of aryl methyl sites for hydroxylation is 1. The maximum atomic E-state index is 11.1. The molecule has 0 unspecified atom stereocenters. The number of aromatic nitrogens is 2. The third-order valence-electron chi connectivity index (χ3n) is 3.18. The highest BCUT2D eigenvalue weighted by Gasteiger charge is 2.12. The number of carbonyl (C=O) groups is 1. The van der Waals surface area contributed by atoms with E-state index < -0.39 is 5.97 Å². The number of aromatic carboxylic acids is 1. The molecule has 0 spiro atoms. The first kappa shape index (κ1) is 13.3. The molecule has 6 heteroatoms. The van der Waals surface area contributed by atoms with Gasteiger partial charge in [-0.05, 0) is 52.5 Å². The summed E-state index contributed by atoms with van der Waals surface area (Å²) < 4.78 is 3.11. The van der Waals surface area contributed by atoms with Crippen LogP contribution in [0, 0.1) is 6.92 Å². The minimum absolute atomic E-state index is 0.281. The second-order valence-electron chi connectivity index (χ2n) is 4.45. The lowest BCUT2D eigenvalue weighted by Crippen LogP contribution is -2.02. The van der Waals surface area contributed by atoms with E-state index in [1.54, 1.807) is 29.5 Å². The number of benzene rings is 1. The summed E-state index contributed by atoms with van der Waals surface area (Å²) in [5.41, 5.74) is 1.95. The fourth-order valence-electron chi connectivity index (χ4n) is 2.16. The van der Waals surface area contributed by atoms with Crippen molar-refractivity contribution >= 4 is 44.3 Å².